The molecule has 3 aromatic carbocycles. The van der Waals surface area contributed by atoms with E-state index in [2.05, 4.69) is 12.2 Å². The van der Waals surface area contributed by atoms with Gasteiger partial charge in [0.15, 0.2) is 0 Å². The van der Waals surface area contributed by atoms with Gasteiger partial charge in [-0.3, -0.25) is 4.79 Å². The van der Waals surface area contributed by atoms with Crippen LogP contribution in [-0.4, -0.2) is 12.5 Å². The summed E-state index contributed by atoms with van der Waals surface area (Å²) >= 11 is 0. The van der Waals surface area contributed by atoms with Gasteiger partial charge >= 0.3 is 0 Å². The molecule has 4 nitrogen and oxygen atoms in total. The van der Waals surface area contributed by atoms with E-state index in [-0.39, 0.29) is 5.91 Å². The van der Waals surface area contributed by atoms with Crippen LogP contribution >= 0.6 is 0 Å². The molecular weight excluding hydrogens is 386 g/mol. The highest BCUT2D eigenvalue weighted by molar-refractivity contribution is 6.04. The van der Waals surface area contributed by atoms with Gasteiger partial charge in [-0.1, -0.05) is 62.9 Å². The summed E-state index contributed by atoms with van der Waals surface area (Å²) < 4.78 is 11.5. The van der Waals surface area contributed by atoms with Crippen molar-refractivity contribution in [3.63, 3.8) is 0 Å². The van der Waals surface area contributed by atoms with Crippen molar-refractivity contribution in [2.45, 2.75) is 45.6 Å². The third-order valence-electron chi connectivity index (χ3n) is 4.99. The second-order valence-electron chi connectivity index (χ2n) is 7.54. The summed E-state index contributed by atoms with van der Waals surface area (Å²) in [6, 6.07) is 24.7. The van der Waals surface area contributed by atoms with Crippen LogP contribution in [0.2, 0.25) is 0 Å². The lowest BCUT2D eigenvalue weighted by Crippen LogP contribution is -2.11. The van der Waals surface area contributed by atoms with Gasteiger partial charge < -0.3 is 14.8 Å². The first-order valence-electron chi connectivity index (χ1n) is 11.1. The Balaban J connectivity index is 1.43. The highest BCUT2D eigenvalue weighted by Crippen LogP contribution is 2.19. The largest absolute Gasteiger partial charge is 0.494 e. The lowest BCUT2D eigenvalue weighted by molar-refractivity contribution is 0.102. The molecule has 3 aromatic rings. The van der Waals surface area contributed by atoms with Gasteiger partial charge in [-0.05, 0) is 60.5 Å². The number of benzene rings is 3. The van der Waals surface area contributed by atoms with Crippen molar-refractivity contribution in [3.8, 4) is 11.5 Å². The highest BCUT2D eigenvalue weighted by Gasteiger charge is 2.07. The average Bonchev–Trinajstić information content (AvgIpc) is 2.82. The molecule has 0 saturated heterocycles. The Hall–Kier alpha value is -3.27. The maximum atomic E-state index is 12.5. The SMILES string of the molecule is CCCCCCCOc1ccc(NC(=O)c2ccc(OCc3ccccc3)cc2)cc1. The molecule has 0 fully saturated rings. The minimum absolute atomic E-state index is 0.154. The number of hydrogen-bond donors (Lipinski definition) is 1. The number of rotatable bonds is 12. The van der Waals surface area contributed by atoms with E-state index in [9.17, 15) is 4.79 Å². The first-order valence-corrected chi connectivity index (χ1v) is 11.1. The van der Waals surface area contributed by atoms with Gasteiger partial charge in [-0.25, -0.2) is 0 Å². The molecule has 0 aliphatic rings. The fraction of sp³-hybridized carbons (Fsp3) is 0.296. The number of ether oxygens (including phenoxy) is 2. The van der Waals surface area contributed by atoms with Crippen molar-refractivity contribution in [1.29, 1.82) is 0 Å². The summed E-state index contributed by atoms with van der Waals surface area (Å²) in [7, 11) is 0. The first kappa shape index (κ1) is 22.4. The van der Waals surface area contributed by atoms with Crippen molar-refractivity contribution in [2.75, 3.05) is 11.9 Å². The van der Waals surface area contributed by atoms with Crippen molar-refractivity contribution < 1.29 is 14.3 Å². The number of unbranched alkanes of at least 4 members (excludes halogenated alkanes) is 4. The van der Waals surface area contributed by atoms with Crippen LogP contribution in [0.4, 0.5) is 5.69 Å². The number of amides is 1. The van der Waals surface area contributed by atoms with Crippen molar-refractivity contribution in [3.05, 3.63) is 90.0 Å². The third-order valence-corrected chi connectivity index (χ3v) is 4.99. The smallest absolute Gasteiger partial charge is 0.255 e. The van der Waals surface area contributed by atoms with E-state index >= 15 is 0 Å². The van der Waals surface area contributed by atoms with Gasteiger partial charge in [-0.2, -0.15) is 0 Å². The predicted octanol–water partition coefficient (Wildman–Crippen LogP) is 6.87. The molecule has 31 heavy (non-hydrogen) atoms. The van der Waals surface area contributed by atoms with E-state index in [1.165, 1.54) is 25.7 Å². The van der Waals surface area contributed by atoms with E-state index in [1.807, 2.05) is 66.7 Å². The van der Waals surface area contributed by atoms with Crippen LogP contribution in [0.25, 0.3) is 0 Å². The molecule has 0 radical (unpaired) electrons. The average molecular weight is 418 g/mol. The van der Waals surface area contributed by atoms with Gasteiger partial charge in [0.05, 0.1) is 6.61 Å². The predicted molar refractivity (Wildman–Crippen MR) is 126 cm³/mol. The van der Waals surface area contributed by atoms with E-state index in [1.54, 1.807) is 12.1 Å². The molecule has 4 heteroatoms. The minimum Gasteiger partial charge on any atom is -0.494 e. The molecule has 3 rings (SSSR count). The molecule has 0 unspecified atom stereocenters. The van der Waals surface area contributed by atoms with Crippen LogP contribution in [0, 0.1) is 0 Å². The van der Waals surface area contributed by atoms with Gasteiger partial charge in [0.1, 0.15) is 18.1 Å². The first-order chi connectivity index (χ1) is 15.2. The number of nitrogens with one attached hydrogen (secondary N) is 1. The van der Waals surface area contributed by atoms with Gasteiger partial charge in [0, 0.05) is 11.3 Å². The lowest BCUT2D eigenvalue weighted by atomic mass is 10.2. The van der Waals surface area contributed by atoms with Crippen LogP contribution in [0.15, 0.2) is 78.9 Å². The zero-order valence-electron chi connectivity index (χ0n) is 18.2. The van der Waals surface area contributed by atoms with Gasteiger partial charge in [0.2, 0.25) is 0 Å². The topological polar surface area (TPSA) is 47.6 Å². The molecule has 0 saturated carbocycles. The number of hydrogen-bond acceptors (Lipinski definition) is 3. The van der Waals surface area contributed by atoms with Crippen LogP contribution in [0.3, 0.4) is 0 Å². The molecule has 0 aliphatic heterocycles. The highest BCUT2D eigenvalue weighted by atomic mass is 16.5. The normalized spacial score (nSPS) is 10.5. The van der Waals surface area contributed by atoms with E-state index < -0.39 is 0 Å². The molecule has 1 N–H and O–H groups in total. The summed E-state index contributed by atoms with van der Waals surface area (Å²) in [4.78, 5) is 12.5. The quantitative estimate of drug-likeness (QED) is 0.327. The van der Waals surface area contributed by atoms with Crippen molar-refractivity contribution in [2.24, 2.45) is 0 Å². The molecule has 0 heterocycles. The van der Waals surface area contributed by atoms with Crippen LogP contribution < -0.4 is 14.8 Å². The zero-order chi connectivity index (χ0) is 21.7. The number of carbonyl (C=O) groups is 1. The fourth-order valence-electron chi connectivity index (χ4n) is 3.18. The molecule has 0 atom stereocenters. The van der Waals surface area contributed by atoms with E-state index in [0.717, 1.165) is 35.8 Å². The summed E-state index contributed by atoms with van der Waals surface area (Å²) in [5, 5.41) is 2.92. The van der Waals surface area contributed by atoms with Crippen LogP contribution in [-0.2, 0) is 6.61 Å². The number of anilines is 1. The molecular formula is C27H31NO3. The third kappa shape index (κ3) is 7.82. The van der Waals surface area contributed by atoms with Crippen molar-refractivity contribution in [1.82, 2.24) is 0 Å². The second-order valence-corrected chi connectivity index (χ2v) is 7.54. The second kappa shape index (κ2) is 12.4. The Morgan fingerprint density at radius 2 is 1.39 bits per heavy atom. The Kier molecular flexibility index (Phi) is 8.99. The molecule has 0 aliphatic carbocycles. The monoisotopic (exact) mass is 417 g/mol. The van der Waals surface area contributed by atoms with E-state index in [0.29, 0.717) is 12.2 Å². The number of carbonyl (C=O) groups excluding carboxylic acids is 1. The Morgan fingerprint density at radius 1 is 0.742 bits per heavy atom. The molecule has 1 amide bonds. The maximum absolute atomic E-state index is 12.5. The van der Waals surface area contributed by atoms with Crippen LogP contribution in [0.5, 0.6) is 11.5 Å². The maximum Gasteiger partial charge on any atom is 0.255 e. The van der Waals surface area contributed by atoms with E-state index in [4.69, 9.17) is 9.47 Å². The molecule has 0 spiro atoms. The summed E-state index contributed by atoms with van der Waals surface area (Å²) in [6.07, 6.45) is 6.09. The molecule has 0 aromatic heterocycles. The Labute approximate surface area is 185 Å². The fourth-order valence-corrected chi connectivity index (χ4v) is 3.18. The minimum atomic E-state index is -0.154. The Bertz CT molecular complexity index is 905. The standard InChI is InChI=1S/C27H31NO3/c1-2-3-4-5-9-20-30-25-18-14-24(15-19-25)28-27(29)23-12-16-26(17-13-23)31-21-22-10-7-6-8-11-22/h6-8,10-19H,2-5,9,20-21H2,1H3,(H,28,29). The van der Waals surface area contributed by atoms with Crippen LogP contribution in [0.1, 0.15) is 54.9 Å². The van der Waals surface area contributed by atoms with Gasteiger partial charge in [0.25, 0.3) is 5.91 Å². The summed E-state index contributed by atoms with van der Waals surface area (Å²) in [5.41, 5.74) is 2.43. The summed E-state index contributed by atoms with van der Waals surface area (Å²) in [6.45, 7) is 3.45. The molecule has 0 bridgehead atoms. The summed E-state index contributed by atoms with van der Waals surface area (Å²) in [5.74, 6) is 1.41. The van der Waals surface area contributed by atoms with Gasteiger partial charge in [-0.15, -0.1) is 0 Å². The lowest BCUT2D eigenvalue weighted by Gasteiger charge is -2.09. The Morgan fingerprint density at radius 3 is 2.10 bits per heavy atom. The zero-order valence-corrected chi connectivity index (χ0v) is 18.2. The molecule has 162 valence electrons. The van der Waals surface area contributed by atoms with Crippen molar-refractivity contribution >= 4 is 11.6 Å².